The van der Waals surface area contributed by atoms with E-state index < -0.39 is 10.0 Å². The van der Waals surface area contributed by atoms with Crippen molar-refractivity contribution in [3.8, 4) is 0 Å². The Morgan fingerprint density at radius 1 is 1.21 bits per heavy atom. The Kier molecular flexibility index (Phi) is 5.78. The van der Waals surface area contributed by atoms with Crippen molar-refractivity contribution in [3.63, 3.8) is 0 Å². The van der Waals surface area contributed by atoms with Crippen molar-refractivity contribution in [3.05, 3.63) is 24.3 Å². The van der Waals surface area contributed by atoms with Gasteiger partial charge < -0.3 is 10.2 Å². The van der Waals surface area contributed by atoms with E-state index in [0.29, 0.717) is 6.04 Å². The van der Waals surface area contributed by atoms with E-state index in [0.717, 1.165) is 18.7 Å². The molecule has 1 atom stereocenters. The molecule has 0 heterocycles. The van der Waals surface area contributed by atoms with Crippen LogP contribution in [0.5, 0.6) is 0 Å². The van der Waals surface area contributed by atoms with Gasteiger partial charge in [0.05, 0.1) is 4.90 Å². The zero-order valence-corrected chi connectivity index (χ0v) is 12.8. The molecule has 0 amide bonds. The minimum absolute atomic E-state index is 0.279. The summed E-state index contributed by atoms with van der Waals surface area (Å²) in [4.78, 5) is 2.42. The van der Waals surface area contributed by atoms with E-state index in [1.54, 1.807) is 24.3 Å². The quantitative estimate of drug-likeness (QED) is 0.794. The summed E-state index contributed by atoms with van der Waals surface area (Å²) < 4.78 is 25.4. The summed E-state index contributed by atoms with van der Waals surface area (Å²) in [6.07, 6.45) is 1.03. The standard InChI is InChI=1S/C13H23N3O2S/c1-11(9-10-16(3)4)15-12-5-7-13(8-6-12)19(17,18)14-2/h5-8,11,14-15H,9-10H2,1-4H3. The number of sulfonamides is 1. The maximum absolute atomic E-state index is 11.6. The number of benzene rings is 1. The molecule has 1 unspecified atom stereocenters. The number of hydrogen-bond donors (Lipinski definition) is 2. The van der Waals surface area contributed by atoms with Crippen molar-refractivity contribution in [2.75, 3.05) is 33.0 Å². The van der Waals surface area contributed by atoms with Gasteiger partial charge in [-0.1, -0.05) is 0 Å². The lowest BCUT2D eigenvalue weighted by molar-refractivity contribution is 0.390. The van der Waals surface area contributed by atoms with Crippen LogP contribution in [0.3, 0.4) is 0 Å². The Hall–Kier alpha value is -1.11. The summed E-state index contributed by atoms with van der Waals surface area (Å²) >= 11 is 0. The molecule has 6 heteroatoms. The second kappa shape index (κ2) is 6.88. The number of hydrogen-bond acceptors (Lipinski definition) is 4. The van der Waals surface area contributed by atoms with Gasteiger partial charge in [-0.05, 0) is 65.3 Å². The third-order valence-corrected chi connectivity index (χ3v) is 4.29. The van der Waals surface area contributed by atoms with Crippen LogP contribution in [0, 0.1) is 0 Å². The molecule has 2 N–H and O–H groups in total. The van der Waals surface area contributed by atoms with Gasteiger partial charge in [0.15, 0.2) is 0 Å². The van der Waals surface area contributed by atoms with Gasteiger partial charge in [0.2, 0.25) is 10.0 Å². The van der Waals surface area contributed by atoms with E-state index in [4.69, 9.17) is 0 Å². The first-order valence-electron chi connectivity index (χ1n) is 6.30. The highest BCUT2D eigenvalue weighted by Gasteiger charge is 2.10. The van der Waals surface area contributed by atoms with E-state index in [9.17, 15) is 8.42 Å². The van der Waals surface area contributed by atoms with E-state index in [1.807, 2.05) is 14.1 Å². The molecule has 0 aliphatic heterocycles. The lowest BCUT2D eigenvalue weighted by atomic mass is 10.2. The van der Waals surface area contributed by atoms with Crippen molar-refractivity contribution in [2.24, 2.45) is 0 Å². The lowest BCUT2D eigenvalue weighted by Gasteiger charge is -2.18. The zero-order valence-electron chi connectivity index (χ0n) is 12.0. The summed E-state index contributed by atoms with van der Waals surface area (Å²) in [5, 5.41) is 3.35. The minimum atomic E-state index is -3.35. The molecule has 0 radical (unpaired) electrons. The van der Waals surface area contributed by atoms with Gasteiger partial charge in [0.25, 0.3) is 0 Å². The minimum Gasteiger partial charge on any atom is -0.383 e. The van der Waals surface area contributed by atoms with Crippen molar-refractivity contribution >= 4 is 15.7 Å². The third-order valence-electron chi connectivity index (χ3n) is 2.86. The monoisotopic (exact) mass is 285 g/mol. The van der Waals surface area contributed by atoms with E-state index in [1.165, 1.54) is 7.05 Å². The molecule has 0 saturated heterocycles. The molecule has 1 rings (SSSR count). The van der Waals surface area contributed by atoms with Gasteiger partial charge >= 0.3 is 0 Å². The second-order valence-corrected chi connectivity index (χ2v) is 6.76. The zero-order chi connectivity index (χ0) is 14.5. The fourth-order valence-electron chi connectivity index (χ4n) is 1.66. The van der Waals surface area contributed by atoms with Crippen LogP contribution in [0.4, 0.5) is 5.69 Å². The van der Waals surface area contributed by atoms with Crippen LogP contribution in [0.2, 0.25) is 0 Å². The van der Waals surface area contributed by atoms with Crippen LogP contribution in [-0.2, 0) is 10.0 Å². The van der Waals surface area contributed by atoms with Gasteiger partial charge in [-0.3, -0.25) is 0 Å². The SMILES string of the molecule is CNS(=O)(=O)c1ccc(NC(C)CCN(C)C)cc1. The Morgan fingerprint density at radius 3 is 2.26 bits per heavy atom. The van der Waals surface area contributed by atoms with Gasteiger partial charge in [0, 0.05) is 11.7 Å². The normalized spacial score (nSPS) is 13.5. The highest BCUT2D eigenvalue weighted by atomic mass is 32.2. The summed E-state index contributed by atoms with van der Waals surface area (Å²) in [7, 11) is 2.15. The molecule has 0 aliphatic rings. The maximum atomic E-state index is 11.6. The smallest absolute Gasteiger partial charge is 0.240 e. The molecular weight excluding hydrogens is 262 g/mol. The lowest BCUT2D eigenvalue weighted by Crippen LogP contribution is -2.23. The number of rotatable bonds is 7. The molecule has 5 nitrogen and oxygen atoms in total. The number of nitrogens with one attached hydrogen (secondary N) is 2. The summed E-state index contributed by atoms with van der Waals surface area (Å²) in [5.41, 5.74) is 0.932. The van der Waals surface area contributed by atoms with Crippen molar-refractivity contribution in [2.45, 2.75) is 24.3 Å². The molecule has 0 saturated carbocycles. The second-order valence-electron chi connectivity index (χ2n) is 4.87. The van der Waals surface area contributed by atoms with Crippen molar-refractivity contribution < 1.29 is 8.42 Å². The van der Waals surface area contributed by atoms with Crippen LogP contribution in [0.25, 0.3) is 0 Å². The van der Waals surface area contributed by atoms with Crippen LogP contribution in [-0.4, -0.2) is 47.0 Å². The number of anilines is 1. The molecule has 1 aromatic carbocycles. The molecule has 108 valence electrons. The topological polar surface area (TPSA) is 61.4 Å². The maximum Gasteiger partial charge on any atom is 0.240 e. The number of nitrogens with zero attached hydrogens (tertiary/aromatic N) is 1. The van der Waals surface area contributed by atoms with Crippen molar-refractivity contribution in [1.82, 2.24) is 9.62 Å². The Bertz CT molecular complexity index is 483. The van der Waals surface area contributed by atoms with Gasteiger partial charge in [-0.25, -0.2) is 13.1 Å². The van der Waals surface area contributed by atoms with E-state index in [-0.39, 0.29) is 4.90 Å². The molecule has 0 bridgehead atoms. The van der Waals surface area contributed by atoms with Crippen LogP contribution in [0.15, 0.2) is 29.2 Å². The third kappa shape index (κ3) is 5.18. The highest BCUT2D eigenvalue weighted by Crippen LogP contribution is 2.15. The average Bonchev–Trinajstić information content (AvgIpc) is 2.37. The predicted octanol–water partition coefficient (Wildman–Crippen LogP) is 1.35. The molecule has 19 heavy (non-hydrogen) atoms. The van der Waals surface area contributed by atoms with Gasteiger partial charge in [0.1, 0.15) is 0 Å². The van der Waals surface area contributed by atoms with E-state index >= 15 is 0 Å². The average molecular weight is 285 g/mol. The fourth-order valence-corrected chi connectivity index (χ4v) is 2.39. The molecule has 0 spiro atoms. The molecule has 1 aromatic rings. The van der Waals surface area contributed by atoms with E-state index in [2.05, 4.69) is 21.9 Å². The molecule has 0 aromatic heterocycles. The van der Waals surface area contributed by atoms with Crippen LogP contribution < -0.4 is 10.0 Å². The fraction of sp³-hybridized carbons (Fsp3) is 0.538. The van der Waals surface area contributed by atoms with Gasteiger partial charge in [-0.2, -0.15) is 0 Å². The molecule has 0 aliphatic carbocycles. The first-order chi connectivity index (χ1) is 8.85. The largest absolute Gasteiger partial charge is 0.383 e. The van der Waals surface area contributed by atoms with Gasteiger partial charge in [-0.15, -0.1) is 0 Å². The first kappa shape index (κ1) is 15.9. The molecular formula is C13H23N3O2S. The first-order valence-corrected chi connectivity index (χ1v) is 7.78. The Balaban J connectivity index is 2.62. The van der Waals surface area contributed by atoms with Crippen LogP contribution >= 0.6 is 0 Å². The highest BCUT2D eigenvalue weighted by molar-refractivity contribution is 7.89. The van der Waals surface area contributed by atoms with Crippen molar-refractivity contribution in [1.29, 1.82) is 0 Å². The Labute approximate surface area is 116 Å². The predicted molar refractivity (Wildman–Crippen MR) is 78.9 cm³/mol. The summed E-state index contributed by atoms with van der Waals surface area (Å²) in [6, 6.07) is 7.13. The Morgan fingerprint density at radius 2 is 1.79 bits per heavy atom. The summed E-state index contributed by atoms with van der Waals surface area (Å²) in [6.45, 7) is 3.13. The molecule has 0 fully saturated rings. The van der Waals surface area contributed by atoms with Crippen LogP contribution in [0.1, 0.15) is 13.3 Å². The summed E-state index contributed by atoms with van der Waals surface area (Å²) in [5.74, 6) is 0.